The number of rotatable bonds is 7. The first-order valence-corrected chi connectivity index (χ1v) is 11.0. The van der Waals surface area contributed by atoms with Crippen LogP contribution >= 0.6 is 27.5 Å². The fourth-order valence-electron chi connectivity index (χ4n) is 3.46. The molecule has 0 atom stereocenters. The van der Waals surface area contributed by atoms with Crippen LogP contribution in [0.25, 0.3) is 11.0 Å². The quantitative estimate of drug-likeness (QED) is 0.335. The number of para-hydroxylation sites is 2. The summed E-state index contributed by atoms with van der Waals surface area (Å²) in [7, 11) is 0. The van der Waals surface area contributed by atoms with E-state index in [1.807, 2.05) is 30.3 Å². The fraction of sp³-hybridized carbons (Fsp3) is 0.167. The Hall–Kier alpha value is -2.63. The monoisotopic (exact) mass is 481 g/mol. The zero-order chi connectivity index (χ0) is 20.9. The highest BCUT2D eigenvalue weighted by Gasteiger charge is 2.11. The van der Waals surface area contributed by atoms with Gasteiger partial charge in [-0.3, -0.25) is 4.79 Å². The van der Waals surface area contributed by atoms with Crippen LogP contribution in [-0.2, 0) is 13.0 Å². The second kappa shape index (κ2) is 9.45. The van der Waals surface area contributed by atoms with Gasteiger partial charge in [-0.1, -0.05) is 51.8 Å². The van der Waals surface area contributed by atoms with E-state index in [4.69, 9.17) is 16.6 Å². The Labute approximate surface area is 189 Å². The summed E-state index contributed by atoms with van der Waals surface area (Å²) in [6.45, 7) is 1.34. The highest BCUT2D eigenvalue weighted by Crippen LogP contribution is 2.20. The first kappa shape index (κ1) is 20.6. The molecule has 0 radical (unpaired) electrons. The van der Waals surface area contributed by atoms with Gasteiger partial charge in [0.25, 0.3) is 5.91 Å². The molecule has 4 nitrogen and oxygen atoms in total. The van der Waals surface area contributed by atoms with Crippen molar-refractivity contribution in [3.05, 3.63) is 99.2 Å². The molecular formula is C24H21BrClN3O. The number of fused-ring (bicyclic) bond motifs is 1. The third-order valence-corrected chi connectivity index (χ3v) is 5.68. The Morgan fingerprint density at radius 2 is 1.83 bits per heavy atom. The SMILES string of the molecule is O=C(NCCCc1nc2ccccc2n1Cc1cccc(Br)c1)c1ccc(Cl)cc1. The van der Waals surface area contributed by atoms with Crippen molar-refractivity contribution in [2.75, 3.05) is 6.54 Å². The number of carbonyl (C=O) groups excluding carboxylic acids is 1. The minimum absolute atomic E-state index is 0.0886. The lowest BCUT2D eigenvalue weighted by atomic mass is 10.2. The Bertz CT molecular complexity index is 1170. The number of aromatic nitrogens is 2. The van der Waals surface area contributed by atoms with E-state index in [-0.39, 0.29) is 5.91 Å². The molecule has 0 spiro atoms. The molecule has 152 valence electrons. The van der Waals surface area contributed by atoms with E-state index < -0.39 is 0 Å². The Morgan fingerprint density at radius 1 is 1.03 bits per heavy atom. The molecule has 0 bridgehead atoms. The number of aryl methyl sites for hydroxylation is 1. The predicted molar refractivity (Wildman–Crippen MR) is 125 cm³/mol. The largest absolute Gasteiger partial charge is 0.352 e. The van der Waals surface area contributed by atoms with Crippen molar-refractivity contribution in [3.8, 4) is 0 Å². The number of carbonyl (C=O) groups is 1. The van der Waals surface area contributed by atoms with Crippen LogP contribution in [0.5, 0.6) is 0 Å². The first-order valence-electron chi connectivity index (χ1n) is 9.82. The summed E-state index contributed by atoms with van der Waals surface area (Å²) in [6, 6.07) is 23.4. The lowest BCUT2D eigenvalue weighted by Gasteiger charge is -2.10. The minimum atomic E-state index is -0.0886. The maximum atomic E-state index is 12.3. The molecule has 0 aliphatic carbocycles. The van der Waals surface area contributed by atoms with Gasteiger partial charge in [0.15, 0.2) is 0 Å². The van der Waals surface area contributed by atoms with Gasteiger partial charge in [-0.15, -0.1) is 0 Å². The van der Waals surface area contributed by atoms with E-state index in [1.54, 1.807) is 24.3 Å². The standard InChI is InChI=1S/C24H21BrClN3O/c25-19-6-3-5-17(15-19)16-29-22-8-2-1-7-21(22)28-23(29)9-4-14-27-24(30)18-10-12-20(26)13-11-18/h1-3,5-8,10-13,15H,4,9,14,16H2,(H,27,30). The Balaban J connectivity index is 1.44. The number of benzene rings is 3. The highest BCUT2D eigenvalue weighted by molar-refractivity contribution is 9.10. The van der Waals surface area contributed by atoms with Gasteiger partial charge < -0.3 is 9.88 Å². The van der Waals surface area contributed by atoms with Gasteiger partial charge in [-0.25, -0.2) is 4.98 Å². The average Bonchev–Trinajstić information content (AvgIpc) is 3.09. The van der Waals surface area contributed by atoms with Gasteiger partial charge >= 0.3 is 0 Å². The molecule has 0 saturated carbocycles. The molecule has 3 aromatic carbocycles. The Morgan fingerprint density at radius 3 is 2.63 bits per heavy atom. The van der Waals surface area contributed by atoms with Gasteiger partial charge in [-0.2, -0.15) is 0 Å². The second-order valence-electron chi connectivity index (χ2n) is 7.10. The summed E-state index contributed by atoms with van der Waals surface area (Å²) in [5.74, 6) is 0.936. The fourth-order valence-corrected chi connectivity index (χ4v) is 4.03. The number of halogens is 2. The highest BCUT2D eigenvalue weighted by atomic mass is 79.9. The molecule has 6 heteroatoms. The number of nitrogens with zero attached hydrogens (tertiary/aromatic N) is 2. The average molecular weight is 483 g/mol. The van der Waals surface area contributed by atoms with Gasteiger partial charge in [0, 0.05) is 34.6 Å². The molecule has 1 heterocycles. The van der Waals surface area contributed by atoms with Crippen LogP contribution in [0.1, 0.15) is 28.2 Å². The molecule has 1 amide bonds. The molecule has 0 aliphatic rings. The van der Waals surface area contributed by atoms with Crippen molar-refractivity contribution in [3.63, 3.8) is 0 Å². The summed E-state index contributed by atoms with van der Waals surface area (Å²) in [4.78, 5) is 17.1. The van der Waals surface area contributed by atoms with Gasteiger partial charge in [-0.05, 0) is 60.5 Å². The molecule has 0 aliphatic heterocycles. The molecular weight excluding hydrogens is 462 g/mol. The normalized spacial score (nSPS) is 11.0. The van der Waals surface area contributed by atoms with E-state index in [2.05, 4.69) is 44.0 Å². The number of hydrogen-bond donors (Lipinski definition) is 1. The van der Waals surface area contributed by atoms with E-state index >= 15 is 0 Å². The topological polar surface area (TPSA) is 46.9 Å². The van der Waals surface area contributed by atoms with Crippen molar-refractivity contribution < 1.29 is 4.79 Å². The van der Waals surface area contributed by atoms with Crippen molar-refractivity contribution in [1.29, 1.82) is 0 Å². The van der Waals surface area contributed by atoms with Crippen molar-refractivity contribution in [2.24, 2.45) is 0 Å². The van der Waals surface area contributed by atoms with Crippen molar-refractivity contribution in [2.45, 2.75) is 19.4 Å². The molecule has 1 aromatic heterocycles. The van der Waals surface area contributed by atoms with E-state index in [0.29, 0.717) is 17.1 Å². The van der Waals surface area contributed by atoms with E-state index in [0.717, 1.165) is 40.7 Å². The third-order valence-electron chi connectivity index (χ3n) is 4.93. The zero-order valence-corrected chi connectivity index (χ0v) is 18.7. The van der Waals surface area contributed by atoms with Gasteiger partial charge in [0.05, 0.1) is 11.0 Å². The zero-order valence-electron chi connectivity index (χ0n) is 16.3. The van der Waals surface area contributed by atoms with Crippen LogP contribution in [0.3, 0.4) is 0 Å². The van der Waals surface area contributed by atoms with Crippen LogP contribution in [0.15, 0.2) is 77.3 Å². The van der Waals surface area contributed by atoms with E-state index in [9.17, 15) is 4.79 Å². The first-order chi connectivity index (χ1) is 14.6. The molecule has 4 aromatic rings. The molecule has 0 saturated heterocycles. The summed E-state index contributed by atoms with van der Waals surface area (Å²) < 4.78 is 3.33. The lowest BCUT2D eigenvalue weighted by molar-refractivity contribution is 0.0953. The molecule has 30 heavy (non-hydrogen) atoms. The van der Waals surface area contributed by atoms with Gasteiger partial charge in [0.2, 0.25) is 0 Å². The predicted octanol–water partition coefficient (Wildman–Crippen LogP) is 5.86. The van der Waals surface area contributed by atoms with Crippen molar-refractivity contribution in [1.82, 2.24) is 14.9 Å². The Kier molecular flexibility index (Phi) is 6.50. The number of imidazole rings is 1. The number of hydrogen-bond acceptors (Lipinski definition) is 2. The van der Waals surface area contributed by atoms with Gasteiger partial charge in [0.1, 0.15) is 5.82 Å². The molecule has 4 rings (SSSR count). The van der Waals surface area contributed by atoms with Crippen LogP contribution < -0.4 is 5.32 Å². The summed E-state index contributed by atoms with van der Waals surface area (Å²) in [6.07, 6.45) is 1.59. The minimum Gasteiger partial charge on any atom is -0.352 e. The van der Waals surface area contributed by atoms with Crippen LogP contribution in [0.4, 0.5) is 0 Å². The number of nitrogens with one attached hydrogen (secondary N) is 1. The van der Waals surface area contributed by atoms with Crippen molar-refractivity contribution >= 4 is 44.5 Å². The molecule has 0 fully saturated rings. The van der Waals surface area contributed by atoms with E-state index in [1.165, 1.54) is 5.56 Å². The maximum Gasteiger partial charge on any atom is 0.251 e. The summed E-state index contributed by atoms with van der Waals surface area (Å²) in [5, 5.41) is 3.59. The van der Waals surface area contributed by atoms with Crippen LogP contribution in [-0.4, -0.2) is 22.0 Å². The second-order valence-corrected chi connectivity index (χ2v) is 8.45. The maximum absolute atomic E-state index is 12.3. The molecule has 1 N–H and O–H groups in total. The smallest absolute Gasteiger partial charge is 0.251 e. The number of amides is 1. The summed E-state index contributed by atoms with van der Waals surface area (Å²) >= 11 is 9.43. The molecule has 0 unspecified atom stereocenters. The third kappa shape index (κ3) is 4.91. The van der Waals surface area contributed by atoms with Crippen LogP contribution in [0, 0.1) is 0 Å². The summed E-state index contributed by atoms with van der Waals surface area (Å²) in [5.41, 5.74) is 3.94. The van der Waals surface area contributed by atoms with Crippen LogP contribution in [0.2, 0.25) is 5.02 Å². The lowest BCUT2D eigenvalue weighted by Crippen LogP contribution is -2.25.